The van der Waals surface area contributed by atoms with Gasteiger partial charge in [-0.1, -0.05) is 42.0 Å². The molecule has 0 aliphatic rings. The molecule has 0 heterocycles. The number of hydrogen-bond donors (Lipinski definition) is 1. The molecule has 0 aliphatic carbocycles. The normalized spacial score (nSPS) is 12.5. The SMILES string of the molecule is COc1cc(OC(=O)[C@H](C)NS(=O)(=O)c2ccc(C)cc2)cc2ccccc12. The van der Waals surface area contributed by atoms with Crippen molar-refractivity contribution in [3.8, 4) is 11.5 Å². The van der Waals surface area contributed by atoms with Gasteiger partial charge in [0.1, 0.15) is 17.5 Å². The highest BCUT2D eigenvalue weighted by atomic mass is 32.2. The zero-order chi connectivity index (χ0) is 20.3. The van der Waals surface area contributed by atoms with Crippen molar-refractivity contribution in [3.05, 3.63) is 66.2 Å². The van der Waals surface area contributed by atoms with Crippen molar-refractivity contribution < 1.29 is 22.7 Å². The van der Waals surface area contributed by atoms with Crippen LogP contribution in [0.25, 0.3) is 10.8 Å². The van der Waals surface area contributed by atoms with Crippen molar-refractivity contribution in [2.75, 3.05) is 7.11 Å². The molecule has 0 saturated carbocycles. The molecule has 0 aliphatic heterocycles. The number of esters is 1. The summed E-state index contributed by atoms with van der Waals surface area (Å²) in [6.45, 7) is 3.30. The lowest BCUT2D eigenvalue weighted by molar-refractivity contribution is -0.135. The number of carbonyl (C=O) groups excluding carboxylic acids is 1. The van der Waals surface area contributed by atoms with Crippen LogP contribution in [0.1, 0.15) is 12.5 Å². The summed E-state index contributed by atoms with van der Waals surface area (Å²) in [5.41, 5.74) is 0.941. The Kier molecular flexibility index (Phi) is 5.67. The monoisotopic (exact) mass is 399 g/mol. The number of aryl methyl sites for hydroxylation is 1. The standard InChI is InChI=1S/C21H21NO5S/c1-14-8-10-18(11-9-14)28(24,25)22-15(2)21(23)27-17-12-16-6-4-5-7-19(16)20(13-17)26-3/h4-13,15,22H,1-3H3/t15-/m0/s1. The summed E-state index contributed by atoms with van der Waals surface area (Å²) in [6, 6.07) is 16.1. The van der Waals surface area contributed by atoms with Gasteiger partial charge in [0.05, 0.1) is 12.0 Å². The minimum Gasteiger partial charge on any atom is -0.496 e. The molecule has 0 amide bonds. The Morgan fingerprint density at radius 2 is 1.71 bits per heavy atom. The number of benzene rings is 3. The second kappa shape index (κ2) is 8.00. The van der Waals surface area contributed by atoms with E-state index in [4.69, 9.17) is 9.47 Å². The van der Waals surface area contributed by atoms with Crippen LogP contribution in [-0.2, 0) is 14.8 Å². The minimum absolute atomic E-state index is 0.0881. The molecule has 7 heteroatoms. The van der Waals surface area contributed by atoms with E-state index in [0.717, 1.165) is 16.3 Å². The quantitative estimate of drug-likeness (QED) is 0.507. The van der Waals surface area contributed by atoms with E-state index in [0.29, 0.717) is 5.75 Å². The third kappa shape index (κ3) is 4.32. The summed E-state index contributed by atoms with van der Waals surface area (Å²) in [6.07, 6.45) is 0. The Bertz CT molecular complexity index is 1110. The summed E-state index contributed by atoms with van der Waals surface area (Å²) in [5.74, 6) is 0.128. The van der Waals surface area contributed by atoms with Crippen LogP contribution in [0.3, 0.4) is 0 Å². The fraction of sp³-hybridized carbons (Fsp3) is 0.190. The molecule has 3 aromatic carbocycles. The van der Waals surface area contributed by atoms with Crippen LogP contribution < -0.4 is 14.2 Å². The lowest BCUT2D eigenvalue weighted by Crippen LogP contribution is -2.40. The van der Waals surface area contributed by atoms with Gasteiger partial charge in [-0.15, -0.1) is 0 Å². The molecule has 0 unspecified atom stereocenters. The van der Waals surface area contributed by atoms with E-state index in [1.807, 2.05) is 31.2 Å². The number of methoxy groups -OCH3 is 1. The van der Waals surface area contributed by atoms with Crippen LogP contribution in [0.2, 0.25) is 0 Å². The van der Waals surface area contributed by atoms with Gasteiger partial charge in [-0.25, -0.2) is 13.2 Å². The Morgan fingerprint density at radius 3 is 2.39 bits per heavy atom. The van der Waals surface area contributed by atoms with Crippen LogP contribution in [0.5, 0.6) is 11.5 Å². The molecule has 0 bridgehead atoms. The average Bonchev–Trinajstić information content (AvgIpc) is 2.67. The first-order valence-corrected chi connectivity index (χ1v) is 10.2. The number of sulfonamides is 1. The third-order valence-electron chi connectivity index (χ3n) is 4.25. The Balaban J connectivity index is 1.77. The number of ether oxygens (including phenoxy) is 2. The molecule has 0 fully saturated rings. The predicted octanol–water partition coefficient (Wildman–Crippen LogP) is 3.43. The lowest BCUT2D eigenvalue weighted by atomic mass is 10.1. The second-order valence-corrected chi connectivity index (χ2v) is 8.14. The zero-order valence-corrected chi connectivity index (χ0v) is 16.6. The largest absolute Gasteiger partial charge is 0.496 e. The molecule has 28 heavy (non-hydrogen) atoms. The van der Waals surface area contributed by atoms with Gasteiger partial charge in [0, 0.05) is 11.5 Å². The van der Waals surface area contributed by atoms with Crippen molar-refractivity contribution in [2.24, 2.45) is 0 Å². The summed E-state index contributed by atoms with van der Waals surface area (Å²) < 4.78 is 38.0. The molecule has 0 spiro atoms. The van der Waals surface area contributed by atoms with E-state index >= 15 is 0 Å². The highest BCUT2D eigenvalue weighted by molar-refractivity contribution is 7.89. The Labute approximate surface area is 164 Å². The van der Waals surface area contributed by atoms with Crippen LogP contribution in [0, 0.1) is 6.92 Å². The summed E-state index contributed by atoms with van der Waals surface area (Å²) >= 11 is 0. The van der Waals surface area contributed by atoms with Gasteiger partial charge in [-0.3, -0.25) is 0 Å². The smallest absolute Gasteiger partial charge is 0.329 e. The first kappa shape index (κ1) is 19.9. The van der Waals surface area contributed by atoms with Gasteiger partial charge in [0.15, 0.2) is 0 Å². The molecular weight excluding hydrogens is 378 g/mol. The molecule has 0 saturated heterocycles. The molecule has 3 aromatic rings. The van der Waals surface area contributed by atoms with Gasteiger partial charge in [0.2, 0.25) is 10.0 Å². The van der Waals surface area contributed by atoms with Crippen molar-refractivity contribution in [2.45, 2.75) is 24.8 Å². The van der Waals surface area contributed by atoms with E-state index < -0.39 is 22.0 Å². The van der Waals surface area contributed by atoms with Gasteiger partial charge >= 0.3 is 5.97 Å². The molecule has 146 valence electrons. The molecule has 6 nitrogen and oxygen atoms in total. The molecule has 3 rings (SSSR count). The minimum atomic E-state index is -3.84. The van der Waals surface area contributed by atoms with Crippen molar-refractivity contribution in [1.82, 2.24) is 4.72 Å². The van der Waals surface area contributed by atoms with Gasteiger partial charge in [-0.05, 0) is 37.4 Å². The number of hydrogen-bond acceptors (Lipinski definition) is 5. The van der Waals surface area contributed by atoms with Crippen LogP contribution in [0.4, 0.5) is 0 Å². The fourth-order valence-electron chi connectivity index (χ4n) is 2.75. The molecule has 0 radical (unpaired) electrons. The summed E-state index contributed by atoms with van der Waals surface area (Å²) in [7, 11) is -2.30. The van der Waals surface area contributed by atoms with E-state index in [-0.39, 0.29) is 10.6 Å². The van der Waals surface area contributed by atoms with E-state index in [1.165, 1.54) is 26.2 Å². The number of nitrogens with one attached hydrogen (secondary N) is 1. The zero-order valence-electron chi connectivity index (χ0n) is 15.8. The Hall–Kier alpha value is -2.90. The first-order valence-electron chi connectivity index (χ1n) is 8.67. The van der Waals surface area contributed by atoms with Crippen molar-refractivity contribution in [3.63, 3.8) is 0 Å². The molecule has 1 N–H and O–H groups in total. The summed E-state index contributed by atoms with van der Waals surface area (Å²) in [4.78, 5) is 12.5. The van der Waals surface area contributed by atoms with E-state index in [9.17, 15) is 13.2 Å². The Morgan fingerprint density at radius 1 is 1.04 bits per heavy atom. The maximum atomic E-state index is 12.4. The average molecular weight is 399 g/mol. The van der Waals surface area contributed by atoms with Crippen molar-refractivity contribution in [1.29, 1.82) is 0 Å². The van der Waals surface area contributed by atoms with E-state index in [1.54, 1.807) is 24.3 Å². The van der Waals surface area contributed by atoms with E-state index in [2.05, 4.69) is 4.72 Å². The van der Waals surface area contributed by atoms with Crippen LogP contribution >= 0.6 is 0 Å². The topological polar surface area (TPSA) is 81.7 Å². The lowest BCUT2D eigenvalue weighted by Gasteiger charge is -2.15. The number of fused-ring (bicyclic) bond motifs is 1. The van der Waals surface area contributed by atoms with Gasteiger partial charge in [0.25, 0.3) is 0 Å². The van der Waals surface area contributed by atoms with Gasteiger partial charge in [-0.2, -0.15) is 4.72 Å². The van der Waals surface area contributed by atoms with Crippen LogP contribution in [0.15, 0.2) is 65.6 Å². The second-order valence-electron chi connectivity index (χ2n) is 6.42. The fourth-order valence-corrected chi connectivity index (χ4v) is 3.94. The summed E-state index contributed by atoms with van der Waals surface area (Å²) in [5, 5.41) is 1.73. The highest BCUT2D eigenvalue weighted by Crippen LogP contribution is 2.31. The number of carbonyl (C=O) groups is 1. The molecule has 1 atom stereocenters. The molecular formula is C21H21NO5S. The highest BCUT2D eigenvalue weighted by Gasteiger charge is 2.24. The number of rotatable bonds is 6. The third-order valence-corrected chi connectivity index (χ3v) is 5.81. The first-order chi connectivity index (χ1) is 13.3. The maximum Gasteiger partial charge on any atom is 0.329 e. The predicted molar refractivity (Wildman–Crippen MR) is 107 cm³/mol. The molecule has 0 aromatic heterocycles. The van der Waals surface area contributed by atoms with Crippen LogP contribution in [-0.4, -0.2) is 27.5 Å². The maximum absolute atomic E-state index is 12.4. The van der Waals surface area contributed by atoms with Crippen molar-refractivity contribution >= 4 is 26.8 Å². The van der Waals surface area contributed by atoms with Gasteiger partial charge < -0.3 is 9.47 Å².